The maximum atomic E-state index is 13.1. The number of rotatable bonds is 7. The van der Waals surface area contributed by atoms with Gasteiger partial charge in [0.15, 0.2) is 12.4 Å². The molecule has 0 radical (unpaired) electrons. The third-order valence-corrected chi connectivity index (χ3v) is 5.70. The number of esters is 1. The molecule has 7 nitrogen and oxygen atoms in total. The van der Waals surface area contributed by atoms with Gasteiger partial charge in [-0.25, -0.2) is 9.78 Å². The van der Waals surface area contributed by atoms with Crippen LogP contribution >= 0.6 is 43.5 Å². The Hall–Kier alpha value is -2.23. The molecule has 0 unspecified atom stereocenters. The molecule has 32 heavy (non-hydrogen) atoms. The largest absolute Gasteiger partial charge is 0.479 e. The number of hydrogen-bond acceptors (Lipinski definition) is 6. The van der Waals surface area contributed by atoms with Crippen molar-refractivity contribution in [2.75, 3.05) is 13.2 Å². The minimum Gasteiger partial charge on any atom is -0.479 e. The predicted molar refractivity (Wildman–Crippen MR) is 132 cm³/mol. The lowest BCUT2D eigenvalue weighted by molar-refractivity contribution is -0.145. The standard InChI is InChI=1S/C22H20Br2ClN3O4/c1-4-31-19(29)11-32-20-16(24)7-13(8-17(20)25)10-26-28-21(12(2)3)27-18-6-5-14(23)9-15(18)22(28)30/h5-10,12H,4,11H2,1-3H3. The van der Waals surface area contributed by atoms with Gasteiger partial charge in [-0.2, -0.15) is 9.78 Å². The molecule has 1 heterocycles. The third kappa shape index (κ3) is 5.57. The molecule has 3 aromatic rings. The van der Waals surface area contributed by atoms with E-state index in [0.717, 1.165) is 4.47 Å². The Morgan fingerprint density at radius 1 is 1.28 bits per heavy atom. The second-order valence-corrected chi connectivity index (χ2v) is 9.23. The molecule has 0 amide bonds. The van der Waals surface area contributed by atoms with Gasteiger partial charge in [-0.15, -0.1) is 0 Å². The number of nitrogens with zero attached hydrogens (tertiary/aromatic N) is 3. The summed E-state index contributed by atoms with van der Waals surface area (Å²) in [5.74, 6) is 0.341. The van der Waals surface area contributed by atoms with Crippen molar-refractivity contribution in [1.29, 1.82) is 0 Å². The van der Waals surface area contributed by atoms with Gasteiger partial charge in [0.25, 0.3) is 5.56 Å². The van der Waals surface area contributed by atoms with E-state index in [9.17, 15) is 9.59 Å². The molecule has 0 fully saturated rings. The number of benzene rings is 2. The molecular formula is C22H20Br2ClN3O4. The molecule has 0 atom stereocenters. The Bertz CT molecular complexity index is 1230. The first-order valence-corrected chi connectivity index (χ1v) is 11.7. The first kappa shape index (κ1) is 24.4. The summed E-state index contributed by atoms with van der Waals surface area (Å²) in [4.78, 5) is 29.3. The van der Waals surface area contributed by atoms with Crippen LogP contribution in [0.3, 0.4) is 0 Å². The number of carbonyl (C=O) groups excluding carboxylic acids is 1. The minimum atomic E-state index is -0.489. The number of ether oxygens (including phenoxy) is 2. The Kier molecular flexibility index (Phi) is 8.08. The zero-order chi connectivity index (χ0) is 23.4. The van der Waals surface area contributed by atoms with E-state index in [2.05, 4.69) is 41.9 Å². The van der Waals surface area contributed by atoms with Gasteiger partial charge in [0, 0.05) is 10.4 Å². The zero-order valence-corrected chi connectivity index (χ0v) is 21.5. The summed E-state index contributed by atoms with van der Waals surface area (Å²) >= 11 is 13.1. The van der Waals surface area contributed by atoms with Crippen molar-refractivity contribution >= 4 is 66.5 Å². The van der Waals surface area contributed by atoms with Gasteiger partial charge in [-0.1, -0.05) is 41.4 Å². The van der Waals surface area contributed by atoms with E-state index in [0.29, 0.717) is 32.5 Å². The number of aromatic nitrogens is 2. The summed E-state index contributed by atoms with van der Waals surface area (Å²) in [5, 5.41) is 5.14. The fraction of sp³-hybridized carbons (Fsp3) is 0.273. The van der Waals surface area contributed by atoms with Crippen molar-refractivity contribution in [2.24, 2.45) is 5.10 Å². The number of carbonyl (C=O) groups is 1. The van der Waals surface area contributed by atoms with Crippen molar-refractivity contribution in [3.8, 4) is 5.75 Å². The molecular weight excluding hydrogens is 566 g/mol. The van der Waals surface area contributed by atoms with Crippen LogP contribution in [0.25, 0.3) is 10.9 Å². The van der Waals surface area contributed by atoms with E-state index in [4.69, 9.17) is 21.1 Å². The molecule has 0 bridgehead atoms. The van der Waals surface area contributed by atoms with Gasteiger partial charge in [-0.3, -0.25) is 4.79 Å². The molecule has 0 N–H and O–H groups in total. The molecule has 1 aromatic heterocycles. The summed E-state index contributed by atoms with van der Waals surface area (Å²) in [5.41, 5.74) is 0.972. The fourth-order valence-electron chi connectivity index (χ4n) is 2.90. The van der Waals surface area contributed by atoms with Crippen LogP contribution in [0.4, 0.5) is 0 Å². The van der Waals surface area contributed by atoms with Crippen molar-refractivity contribution in [1.82, 2.24) is 9.66 Å². The Balaban J connectivity index is 1.97. The van der Waals surface area contributed by atoms with Crippen molar-refractivity contribution < 1.29 is 14.3 Å². The van der Waals surface area contributed by atoms with Gasteiger partial charge in [-0.05, 0) is 58.7 Å². The van der Waals surface area contributed by atoms with Crippen LogP contribution < -0.4 is 10.3 Å². The minimum absolute atomic E-state index is 0.0260. The molecule has 168 valence electrons. The van der Waals surface area contributed by atoms with Gasteiger partial charge in [0.2, 0.25) is 0 Å². The lowest BCUT2D eigenvalue weighted by Gasteiger charge is -2.12. The Morgan fingerprint density at radius 2 is 2.03 bits per heavy atom. The molecule has 0 saturated heterocycles. The zero-order valence-electron chi connectivity index (χ0n) is 17.6. The van der Waals surface area contributed by atoms with Gasteiger partial charge >= 0.3 is 5.97 Å². The molecule has 3 rings (SSSR count). The Labute approximate surface area is 206 Å². The number of fused-ring (bicyclic) bond motifs is 1. The van der Waals surface area contributed by atoms with E-state index in [1.54, 1.807) is 31.2 Å². The topological polar surface area (TPSA) is 82.8 Å². The van der Waals surface area contributed by atoms with Crippen LogP contribution in [-0.2, 0) is 9.53 Å². The summed E-state index contributed by atoms with van der Waals surface area (Å²) < 4.78 is 12.9. The highest BCUT2D eigenvalue weighted by Crippen LogP contribution is 2.34. The van der Waals surface area contributed by atoms with Crippen LogP contribution in [0, 0.1) is 0 Å². The highest BCUT2D eigenvalue weighted by atomic mass is 79.9. The number of hydrogen-bond donors (Lipinski definition) is 0. The fourth-order valence-corrected chi connectivity index (χ4v) is 4.25. The predicted octanol–water partition coefficient (Wildman–Crippen LogP) is 5.52. The van der Waals surface area contributed by atoms with E-state index in [1.165, 1.54) is 10.9 Å². The van der Waals surface area contributed by atoms with E-state index in [1.807, 2.05) is 19.9 Å². The maximum Gasteiger partial charge on any atom is 0.344 e. The molecule has 0 aliphatic rings. The second-order valence-electron chi connectivity index (χ2n) is 7.06. The van der Waals surface area contributed by atoms with Gasteiger partial charge < -0.3 is 9.47 Å². The normalized spacial score (nSPS) is 11.5. The van der Waals surface area contributed by atoms with Crippen LogP contribution in [0.2, 0.25) is 5.02 Å². The average molecular weight is 586 g/mol. The number of halogens is 3. The maximum absolute atomic E-state index is 13.1. The second kappa shape index (κ2) is 10.6. The van der Waals surface area contributed by atoms with Crippen molar-refractivity contribution in [3.63, 3.8) is 0 Å². The highest BCUT2D eigenvalue weighted by molar-refractivity contribution is 9.10. The van der Waals surface area contributed by atoms with Gasteiger partial charge in [0.05, 0.1) is 33.2 Å². The molecule has 0 spiro atoms. The first-order chi connectivity index (χ1) is 15.2. The Morgan fingerprint density at radius 3 is 2.69 bits per heavy atom. The molecule has 0 aliphatic heterocycles. The summed E-state index contributed by atoms with van der Waals surface area (Å²) in [6, 6.07) is 8.72. The SMILES string of the molecule is CCOC(=O)COc1c(Cl)cc(C=Nn2c(C(C)C)nc3ccc(Br)cc3c2=O)cc1Br. The first-order valence-electron chi connectivity index (χ1n) is 9.75. The van der Waals surface area contributed by atoms with Crippen molar-refractivity contribution in [2.45, 2.75) is 26.7 Å². The summed E-state index contributed by atoms with van der Waals surface area (Å²) in [6.07, 6.45) is 1.52. The molecule has 2 aromatic carbocycles. The summed E-state index contributed by atoms with van der Waals surface area (Å²) in [6.45, 7) is 5.62. The monoisotopic (exact) mass is 583 g/mol. The van der Waals surface area contributed by atoms with Crippen LogP contribution in [-0.4, -0.2) is 35.1 Å². The quantitative estimate of drug-likeness (QED) is 0.269. The average Bonchev–Trinajstić information content (AvgIpc) is 2.72. The molecule has 0 aliphatic carbocycles. The van der Waals surface area contributed by atoms with E-state index < -0.39 is 5.97 Å². The lowest BCUT2D eigenvalue weighted by Crippen LogP contribution is -2.23. The third-order valence-electron chi connectivity index (χ3n) is 4.33. The molecule has 10 heteroatoms. The van der Waals surface area contributed by atoms with Crippen LogP contribution in [0.15, 0.2) is 49.2 Å². The van der Waals surface area contributed by atoms with Crippen LogP contribution in [0.1, 0.15) is 38.1 Å². The van der Waals surface area contributed by atoms with Crippen molar-refractivity contribution in [3.05, 3.63) is 66.0 Å². The molecule has 0 saturated carbocycles. The van der Waals surface area contributed by atoms with E-state index in [-0.39, 0.29) is 29.7 Å². The summed E-state index contributed by atoms with van der Waals surface area (Å²) in [7, 11) is 0. The smallest absolute Gasteiger partial charge is 0.344 e. The lowest BCUT2D eigenvalue weighted by atomic mass is 10.2. The van der Waals surface area contributed by atoms with Crippen LogP contribution in [0.5, 0.6) is 5.75 Å². The van der Waals surface area contributed by atoms with Gasteiger partial charge in [0.1, 0.15) is 5.82 Å². The van der Waals surface area contributed by atoms with E-state index >= 15 is 0 Å². The highest BCUT2D eigenvalue weighted by Gasteiger charge is 2.15.